The van der Waals surface area contributed by atoms with E-state index in [9.17, 15) is 19.2 Å². The van der Waals surface area contributed by atoms with Gasteiger partial charge in [0.25, 0.3) is 0 Å². The van der Waals surface area contributed by atoms with Crippen molar-refractivity contribution in [3.63, 3.8) is 0 Å². The minimum Gasteiger partial charge on any atom is -0.480 e. The smallest absolute Gasteiger partial charge is 0.323 e. The molecule has 0 aromatic heterocycles. The molecule has 1 rings (SSSR count). The van der Waals surface area contributed by atoms with E-state index in [4.69, 9.17) is 20.4 Å². The Hall–Kier alpha value is -2.86. The lowest BCUT2D eigenvalue weighted by molar-refractivity contribution is -0.140. The molecule has 4 N–H and O–H groups in total. The maximum Gasteiger partial charge on any atom is 0.323 e. The molecule has 0 aromatic carbocycles. The average Bonchev–Trinajstić information content (AvgIpc) is 2.55. The lowest BCUT2D eigenvalue weighted by Crippen LogP contribution is -2.45. The van der Waals surface area contributed by atoms with Crippen molar-refractivity contribution in [2.24, 2.45) is 0 Å². The average molecular weight is 402 g/mol. The van der Waals surface area contributed by atoms with Crippen molar-refractivity contribution in [1.29, 1.82) is 0 Å². The van der Waals surface area contributed by atoms with Crippen LogP contribution in [0.4, 0.5) is 0 Å². The van der Waals surface area contributed by atoms with Gasteiger partial charge in [0, 0.05) is 51.7 Å². The zero-order chi connectivity index (χ0) is 21.1. The number of carboxylic acids is 4. The first-order chi connectivity index (χ1) is 13.2. The minimum atomic E-state index is -1.07. The first-order valence-electron chi connectivity index (χ1n) is 8.64. The molecule has 28 heavy (non-hydrogen) atoms. The summed E-state index contributed by atoms with van der Waals surface area (Å²) in [7, 11) is 0. The molecule has 0 aromatic rings. The predicted molar refractivity (Wildman–Crippen MR) is 95.7 cm³/mol. The Bertz CT molecular complexity index is 547. The van der Waals surface area contributed by atoms with Crippen LogP contribution < -0.4 is 0 Å². The second kappa shape index (κ2) is 11.8. The minimum absolute atomic E-state index is 0.218. The molecule has 0 saturated heterocycles. The molecule has 0 saturated carbocycles. The van der Waals surface area contributed by atoms with Gasteiger partial charge in [-0.1, -0.05) is 0 Å². The van der Waals surface area contributed by atoms with Crippen molar-refractivity contribution in [2.45, 2.75) is 0 Å². The summed E-state index contributed by atoms with van der Waals surface area (Å²) in [5, 5.41) is 36.2. The first-order valence-corrected chi connectivity index (χ1v) is 8.64. The van der Waals surface area contributed by atoms with Crippen LogP contribution in [0, 0.1) is 0 Å². The topological polar surface area (TPSA) is 162 Å². The van der Waals surface area contributed by atoms with E-state index in [-0.39, 0.29) is 65.4 Å². The van der Waals surface area contributed by atoms with Gasteiger partial charge in [0.2, 0.25) is 0 Å². The van der Waals surface area contributed by atoms with Gasteiger partial charge < -0.3 is 30.2 Å². The van der Waals surface area contributed by atoms with Crippen molar-refractivity contribution >= 4 is 23.9 Å². The Morgan fingerprint density at radius 2 is 0.821 bits per heavy atom. The van der Waals surface area contributed by atoms with Gasteiger partial charge in [-0.25, -0.2) is 0 Å². The van der Waals surface area contributed by atoms with Gasteiger partial charge in [-0.15, -0.1) is 0 Å². The number of rotatable bonds is 8. The normalized spacial score (nSPS) is 18.7. The van der Waals surface area contributed by atoms with Crippen LogP contribution in [0.5, 0.6) is 0 Å². The summed E-state index contributed by atoms with van der Waals surface area (Å²) in [5.41, 5.74) is 0. The van der Waals surface area contributed by atoms with Crippen molar-refractivity contribution in [2.75, 3.05) is 65.4 Å². The molecule has 12 nitrogen and oxygen atoms in total. The van der Waals surface area contributed by atoms with Crippen molar-refractivity contribution in [3.05, 3.63) is 12.4 Å². The third kappa shape index (κ3) is 10.3. The summed E-state index contributed by atoms with van der Waals surface area (Å²) in [6, 6.07) is 0. The molecular weight excluding hydrogens is 376 g/mol. The molecule has 1 aliphatic rings. The Balaban J connectivity index is 3.00. The van der Waals surface area contributed by atoms with Gasteiger partial charge in [0.15, 0.2) is 0 Å². The van der Waals surface area contributed by atoms with Gasteiger partial charge >= 0.3 is 23.9 Å². The molecule has 0 amide bonds. The second-order valence-corrected chi connectivity index (χ2v) is 6.37. The van der Waals surface area contributed by atoms with Gasteiger partial charge in [-0.05, 0) is 0 Å². The standard InChI is InChI=1S/C16H26N4O8/c21-13(22)9-17-1-2-18(10-14(23)24)5-6-20(12-16(27)28)8-7-19(4-3-17)11-15(25)26/h1-2H,3-12H2,(H,21,22)(H,23,24)(H,25,26)(H,27,28)/b2-1+. The number of hydrogen-bond acceptors (Lipinski definition) is 8. The summed E-state index contributed by atoms with van der Waals surface area (Å²) < 4.78 is 0. The van der Waals surface area contributed by atoms with E-state index in [2.05, 4.69) is 0 Å². The summed E-state index contributed by atoms with van der Waals surface area (Å²) in [4.78, 5) is 50.4. The predicted octanol–water partition coefficient (Wildman–Crippen LogP) is -1.98. The Labute approximate surface area is 161 Å². The van der Waals surface area contributed by atoms with E-state index in [1.165, 1.54) is 22.2 Å². The molecule has 0 fully saturated rings. The molecule has 158 valence electrons. The highest BCUT2D eigenvalue weighted by Crippen LogP contribution is 2.02. The fourth-order valence-corrected chi connectivity index (χ4v) is 2.69. The molecule has 0 radical (unpaired) electrons. The van der Waals surface area contributed by atoms with E-state index >= 15 is 0 Å². The van der Waals surface area contributed by atoms with Crippen LogP contribution in [0.25, 0.3) is 0 Å². The van der Waals surface area contributed by atoms with E-state index in [0.717, 1.165) is 0 Å². The molecule has 0 atom stereocenters. The zero-order valence-corrected chi connectivity index (χ0v) is 15.4. The molecule has 1 heterocycles. The third-order valence-corrected chi connectivity index (χ3v) is 4.02. The van der Waals surface area contributed by atoms with Crippen molar-refractivity contribution in [3.8, 4) is 0 Å². The molecular formula is C16H26N4O8. The Morgan fingerprint density at radius 1 is 0.536 bits per heavy atom. The molecule has 0 spiro atoms. The van der Waals surface area contributed by atoms with E-state index in [0.29, 0.717) is 0 Å². The molecule has 0 aliphatic carbocycles. The van der Waals surface area contributed by atoms with Crippen molar-refractivity contribution < 1.29 is 39.6 Å². The van der Waals surface area contributed by atoms with Crippen LogP contribution in [-0.2, 0) is 19.2 Å². The highest BCUT2D eigenvalue weighted by atomic mass is 16.4. The summed E-state index contributed by atoms with van der Waals surface area (Å²) in [6.07, 6.45) is 2.91. The third-order valence-electron chi connectivity index (χ3n) is 4.02. The number of aliphatic carboxylic acids is 4. The van der Waals surface area contributed by atoms with Gasteiger partial charge in [0.1, 0.15) is 13.1 Å². The summed E-state index contributed by atoms with van der Waals surface area (Å²) in [6.45, 7) is 0.367. The van der Waals surface area contributed by atoms with Crippen LogP contribution in [0.3, 0.4) is 0 Å². The Morgan fingerprint density at radius 3 is 1.11 bits per heavy atom. The van der Waals surface area contributed by atoms with E-state index in [1.54, 1.807) is 9.80 Å². The maximum atomic E-state index is 11.1. The van der Waals surface area contributed by atoms with Gasteiger partial charge in [-0.3, -0.25) is 29.0 Å². The lowest BCUT2D eigenvalue weighted by atomic mass is 10.3. The SMILES string of the molecule is O=C(O)CN1/C=C/N(CC(=O)O)CCN(CC(=O)O)CCN(CC(=O)O)CC1. The van der Waals surface area contributed by atoms with Crippen LogP contribution in [-0.4, -0.2) is 129 Å². The summed E-state index contributed by atoms with van der Waals surface area (Å²) in [5.74, 6) is -4.22. The summed E-state index contributed by atoms with van der Waals surface area (Å²) >= 11 is 0. The van der Waals surface area contributed by atoms with Crippen LogP contribution in [0.1, 0.15) is 0 Å². The zero-order valence-electron chi connectivity index (χ0n) is 15.4. The number of carbonyl (C=O) groups is 4. The molecule has 12 heteroatoms. The first kappa shape index (κ1) is 23.2. The van der Waals surface area contributed by atoms with Crippen LogP contribution >= 0.6 is 0 Å². The maximum absolute atomic E-state index is 11.1. The van der Waals surface area contributed by atoms with E-state index in [1.807, 2.05) is 0 Å². The highest BCUT2D eigenvalue weighted by Gasteiger charge is 2.18. The lowest BCUT2D eigenvalue weighted by Gasteiger charge is -2.31. The number of hydrogen-bond donors (Lipinski definition) is 4. The molecule has 1 aliphatic heterocycles. The van der Waals surface area contributed by atoms with E-state index < -0.39 is 23.9 Å². The number of carboxylic acid groups (broad SMARTS) is 4. The second-order valence-electron chi connectivity index (χ2n) is 6.37. The fourth-order valence-electron chi connectivity index (χ4n) is 2.69. The number of nitrogens with zero attached hydrogens (tertiary/aromatic N) is 4. The van der Waals surface area contributed by atoms with Crippen LogP contribution in [0.2, 0.25) is 0 Å². The Kier molecular flexibility index (Phi) is 9.74. The van der Waals surface area contributed by atoms with Gasteiger partial charge in [0.05, 0.1) is 13.1 Å². The van der Waals surface area contributed by atoms with Gasteiger partial charge in [-0.2, -0.15) is 0 Å². The van der Waals surface area contributed by atoms with Crippen molar-refractivity contribution in [1.82, 2.24) is 19.6 Å². The molecule has 0 bridgehead atoms. The quantitative estimate of drug-likeness (QED) is 0.354. The molecule has 0 unspecified atom stereocenters. The highest BCUT2D eigenvalue weighted by molar-refractivity contribution is 5.70. The van der Waals surface area contributed by atoms with Crippen LogP contribution in [0.15, 0.2) is 12.4 Å². The largest absolute Gasteiger partial charge is 0.480 e. The fraction of sp³-hybridized carbons (Fsp3) is 0.625. The monoisotopic (exact) mass is 402 g/mol.